The predicted octanol–water partition coefficient (Wildman–Crippen LogP) is 3.65. The maximum Gasteiger partial charge on any atom is 0.407 e. The summed E-state index contributed by atoms with van der Waals surface area (Å²) in [6.45, 7) is 11.4. The molecule has 1 amide bonds. The molecule has 0 aliphatic heterocycles. The Hall–Kier alpha value is -1.45. The lowest BCUT2D eigenvalue weighted by Gasteiger charge is -2.24. The summed E-state index contributed by atoms with van der Waals surface area (Å²) in [6, 6.07) is 3.69. The van der Waals surface area contributed by atoms with Crippen molar-refractivity contribution in [2.24, 2.45) is 4.99 Å². The fourth-order valence-corrected chi connectivity index (χ4v) is 2.17. The van der Waals surface area contributed by atoms with Crippen molar-refractivity contribution in [3.05, 3.63) is 24.2 Å². The van der Waals surface area contributed by atoms with Crippen LogP contribution < -0.4 is 16.0 Å². The summed E-state index contributed by atoms with van der Waals surface area (Å²) in [5.41, 5.74) is -0.506. The molecule has 1 heterocycles. The number of rotatable bonds is 8. The van der Waals surface area contributed by atoms with E-state index in [2.05, 4.69) is 27.9 Å². The van der Waals surface area contributed by atoms with Crippen LogP contribution in [0.3, 0.4) is 0 Å². The number of nitrogens with zero attached hydrogens (tertiary/aromatic N) is 1. The van der Waals surface area contributed by atoms with Crippen LogP contribution in [0.15, 0.2) is 27.8 Å². The Morgan fingerprint density at radius 2 is 2.04 bits per heavy atom. The Morgan fingerprint density at radius 1 is 1.31 bits per heavy atom. The smallest absolute Gasteiger partial charge is 0.407 e. The van der Waals surface area contributed by atoms with E-state index in [9.17, 15) is 4.79 Å². The molecule has 1 aromatic rings. The summed E-state index contributed by atoms with van der Waals surface area (Å²) >= 11 is 0. The molecule has 3 N–H and O–H groups in total. The van der Waals surface area contributed by atoms with Gasteiger partial charge in [0.15, 0.2) is 5.96 Å². The minimum absolute atomic E-state index is 0. The van der Waals surface area contributed by atoms with E-state index < -0.39 is 11.7 Å². The van der Waals surface area contributed by atoms with Gasteiger partial charge in [0.25, 0.3) is 0 Å². The minimum Gasteiger partial charge on any atom is -0.467 e. The van der Waals surface area contributed by atoms with Gasteiger partial charge in [-0.2, -0.15) is 0 Å². The van der Waals surface area contributed by atoms with Gasteiger partial charge in [-0.05, 0) is 46.2 Å². The van der Waals surface area contributed by atoms with Crippen molar-refractivity contribution < 1.29 is 13.9 Å². The van der Waals surface area contributed by atoms with E-state index in [1.807, 2.05) is 39.8 Å². The summed E-state index contributed by atoms with van der Waals surface area (Å²) in [7, 11) is 0. The van der Waals surface area contributed by atoms with Gasteiger partial charge < -0.3 is 25.1 Å². The molecule has 0 saturated carbocycles. The normalized spacial score (nSPS) is 12.7. The number of amides is 1. The molecular formula is C18H33IN4O3. The maximum atomic E-state index is 12.0. The van der Waals surface area contributed by atoms with Crippen molar-refractivity contribution in [3.63, 3.8) is 0 Å². The Kier molecular flexibility index (Phi) is 12.1. The van der Waals surface area contributed by atoms with Crippen LogP contribution in [-0.2, 0) is 11.3 Å². The summed E-state index contributed by atoms with van der Waals surface area (Å²) in [5, 5.41) is 9.37. The van der Waals surface area contributed by atoms with E-state index in [0.717, 1.165) is 25.1 Å². The van der Waals surface area contributed by atoms with Crippen LogP contribution in [0.4, 0.5) is 4.79 Å². The molecule has 0 aliphatic carbocycles. The topological polar surface area (TPSA) is 87.9 Å². The number of hydrogen-bond donors (Lipinski definition) is 3. The largest absolute Gasteiger partial charge is 0.467 e. The number of carbonyl (C=O) groups excluding carboxylic acids is 1. The number of nitrogens with one attached hydrogen (secondary N) is 3. The zero-order valence-electron chi connectivity index (χ0n) is 16.4. The Labute approximate surface area is 173 Å². The molecule has 1 atom stereocenters. The maximum absolute atomic E-state index is 12.0. The molecule has 0 radical (unpaired) electrons. The average molecular weight is 480 g/mol. The fraction of sp³-hybridized carbons (Fsp3) is 0.667. The first-order valence-corrected chi connectivity index (χ1v) is 8.88. The fourth-order valence-electron chi connectivity index (χ4n) is 2.17. The van der Waals surface area contributed by atoms with Gasteiger partial charge >= 0.3 is 6.09 Å². The van der Waals surface area contributed by atoms with Crippen LogP contribution in [0, 0.1) is 0 Å². The van der Waals surface area contributed by atoms with Crippen LogP contribution in [0.25, 0.3) is 0 Å². The third kappa shape index (κ3) is 11.2. The molecule has 0 aliphatic rings. The van der Waals surface area contributed by atoms with Gasteiger partial charge in [0.1, 0.15) is 17.9 Å². The number of halogens is 1. The Morgan fingerprint density at radius 3 is 2.58 bits per heavy atom. The highest BCUT2D eigenvalue weighted by Crippen LogP contribution is 2.07. The molecule has 150 valence electrons. The van der Waals surface area contributed by atoms with E-state index >= 15 is 0 Å². The van der Waals surface area contributed by atoms with Crippen molar-refractivity contribution in [3.8, 4) is 0 Å². The Balaban J connectivity index is 0.00000625. The lowest BCUT2D eigenvalue weighted by atomic mass is 10.1. The number of carbonyl (C=O) groups is 1. The van der Waals surface area contributed by atoms with Gasteiger partial charge in [-0.1, -0.05) is 13.3 Å². The van der Waals surface area contributed by atoms with Gasteiger partial charge in [-0.25, -0.2) is 9.79 Å². The molecule has 1 aromatic heterocycles. The number of ether oxygens (including phenoxy) is 1. The molecular weight excluding hydrogens is 447 g/mol. The second-order valence-electron chi connectivity index (χ2n) is 6.79. The van der Waals surface area contributed by atoms with Crippen LogP contribution in [-0.4, -0.2) is 36.8 Å². The molecule has 0 spiro atoms. The number of aliphatic imine (C=N–C) groups is 1. The lowest BCUT2D eigenvalue weighted by Crippen LogP contribution is -2.48. The predicted molar refractivity (Wildman–Crippen MR) is 115 cm³/mol. The van der Waals surface area contributed by atoms with Crippen molar-refractivity contribution in [2.45, 2.75) is 65.6 Å². The highest BCUT2D eigenvalue weighted by Gasteiger charge is 2.19. The zero-order valence-corrected chi connectivity index (χ0v) is 18.8. The minimum atomic E-state index is -0.506. The van der Waals surface area contributed by atoms with E-state index in [0.29, 0.717) is 19.0 Å². The van der Waals surface area contributed by atoms with Crippen LogP contribution >= 0.6 is 24.0 Å². The summed E-state index contributed by atoms with van der Waals surface area (Å²) in [6.07, 6.45) is 3.05. The zero-order chi connectivity index (χ0) is 18.7. The molecule has 1 rings (SSSR count). The average Bonchev–Trinajstić information content (AvgIpc) is 3.01. The lowest BCUT2D eigenvalue weighted by molar-refractivity contribution is 0.0502. The van der Waals surface area contributed by atoms with Crippen molar-refractivity contribution in [1.29, 1.82) is 0 Å². The molecule has 26 heavy (non-hydrogen) atoms. The summed E-state index contributed by atoms with van der Waals surface area (Å²) < 4.78 is 10.6. The van der Waals surface area contributed by atoms with Gasteiger partial charge in [0.05, 0.1) is 6.26 Å². The van der Waals surface area contributed by atoms with Gasteiger partial charge in [0, 0.05) is 19.1 Å². The first kappa shape index (κ1) is 24.6. The highest BCUT2D eigenvalue weighted by molar-refractivity contribution is 14.0. The Bertz CT molecular complexity index is 527. The number of furan rings is 1. The first-order chi connectivity index (χ1) is 11.8. The van der Waals surface area contributed by atoms with Crippen LogP contribution in [0.1, 0.15) is 53.2 Å². The number of guanidine groups is 1. The van der Waals surface area contributed by atoms with Crippen LogP contribution in [0.5, 0.6) is 0 Å². The van der Waals surface area contributed by atoms with Crippen molar-refractivity contribution in [1.82, 2.24) is 16.0 Å². The van der Waals surface area contributed by atoms with E-state index in [1.54, 1.807) is 6.26 Å². The van der Waals surface area contributed by atoms with Gasteiger partial charge in [-0.15, -0.1) is 24.0 Å². The molecule has 0 fully saturated rings. The molecule has 1 unspecified atom stereocenters. The van der Waals surface area contributed by atoms with E-state index in [1.165, 1.54) is 0 Å². The monoisotopic (exact) mass is 480 g/mol. The van der Waals surface area contributed by atoms with Gasteiger partial charge in [-0.3, -0.25) is 0 Å². The molecule has 0 bridgehead atoms. The molecule has 8 heteroatoms. The highest BCUT2D eigenvalue weighted by atomic mass is 127. The third-order valence-electron chi connectivity index (χ3n) is 3.19. The van der Waals surface area contributed by atoms with E-state index in [4.69, 9.17) is 9.15 Å². The van der Waals surface area contributed by atoms with Gasteiger partial charge in [0.2, 0.25) is 0 Å². The first-order valence-electron chi connectivity index (χ1n) is 8.88. The third-order valence-corrected chi connectivity index (χ3v) is 3.19. The van der Waals surface area contributed by atoms with E-state index in [-0.39, 0.29) is 30.0 Å². The second-order valence-corrected chi connectivity index (χ2v) is 6.79. The quantitative estimate of drug-likeness (QED) is 0.301. The summed E-state index contributed by atoms with van der Waals surface area (Å²) in [5.74, 6) is 1.49. The number of alkyl carbamates (subject to hydrolysis) is 1. The second kappa shape index (κ2) is 12.8. The van der Waals surface area contributed by atoms with Crippen molar-refractivity contribution >= 4 is 36.0 Å². The molecule has 0 saturated heterocycles. The molecule has 7 nitrogen and oxygen atoms in total. The standard InChI is InChI=1S/C18H32N4O3.HI/c1-6-9-14(22-17(23)25-18(3,4)5)12-20-16(19-7-2)21-13-15-10-8-11-24-15;/h8,10-11,14H,6-7,9,12-13H2,1-5H3,(H,22,23)(H2,19,20,21);1H. The SMILES string of the molecule is CCCC(CNC(=NCc1ccco1)NCC)NC(=O)OC(C)(C)C.I. The van der Waals surface area contributed by atoms with Crippen molar-refractivity contribution in [2.75, 3.05) is 13.1 Å². The number of hydrogen-bond acceptors (Lipinski definition) is 4. The molecule has 0 aromatic carbocycles. The van der Waals surface area contributed by atoms with Crippen LogP contribution in [0.2, 0.25) is 0 Å². The summed E-state index contributed by atoms with van der Waals surface area (Å²) in [4.78, 5) is 16.5.